The van der Waals surface area contributed by atoms with Gasteiger partial charge in [0.1, 0.15) is 6.29 Å². The van der Waals surface area contributed by atoms with E-state index < -0.39 is 0 Å². The smallest absolute Gasteiger partial charge is 0.143 e. The largest absolute Gasteiger partial charge is 0.374 e. The highest BCUT2D eigenvalue weighted by molar-refractivity contribution is 8.00. The van der Waals surface area contributed by atoms with Crippen molar-refractivity contribution in [1.29, 1.82) is 0 Å². The lowest BCUT2D eigenvalue weighted by molar-refractivity contribution is -0.108. The quantitative estimate of drug-likeness (QED) is 0.816. The van der Waals surface area contributed by atoms with Gasteiger partial charge in [-0.3, -0.25) is 0 Å². The van der Waals surface area contributed by atoms with Crippen molar-refractivity contribution in [3.05, 3.63) is 24.3 Å². The standard InChI is InChI=1S/C13H17NOS/c1-3-9(2)13-11(8-15)14-10-6-4-5-7-12(10)16-13/h4-9,11,13-14H,3H2,1-2H3. The van der Waals surface area contributed by atoms with Crippen LogP contribution in [0, 0.1) is 5.92 Å². The van der Waals surface area contributed by atoms with E-state index in [0.717, 1.165) is 18.4 Å². The molecule has 0 spiro atoms. The summed E-state index contributed by atoms with van der Waals surface area (Å²) in [6.45, 7) is 4.39. The third kappa shape index (κ3) is 2.09. The van der Waals surface area contributed by atoms with Gasteiger partial charge in [0.25, 0.3) is 0 Å². The molecule has 1 aromatic rings. The molecule has 16 heavy (non-hydrogen) atoms. The van der Waals surface area contributed by atoms with Crippen LogP contribution in [0.5, 0.6) is 0 Å². The Labute approximate surface area is 101 Å². The fourth-order valence-corrected chi connectivity index (χ4v) is 3.39. The minimum atomic E-state index is -0.0603. The number of anilines is 1. The lowest BCUT2D eigenvalue weighted by Crippen LogP contribution is -2.39. The van der Waals surface area contributed by atoms with E-state index in [2.05, 4.69) is 25.2 Å². The van der Waals surface area contributed by atoms with Crippen molar-refractivity contribution in [2.24, 2.45) is 5.92 Å². The third-order valence-corrected chi connectivity index (χ3v) is 4.82. The highest BCUT2D eigenvalue weighted by Crippen LogP contribution is 2.40. The van der Waals surface area contributed by atoms with Crippen LogP contribution in [0.4, 0.5) is 5.69 Å². The van der Waals surface area contributed by atoms with E-state index in [1.54, 1.807) is 0 Å². The van der Waals surface area contributed by atoms with E-state index in [0.29, 0.717) is 11.2 Å². The van der Waals surface area contributed by atoms with Gasteiger partial charge in [-0.1, -0.05) is 32.4 Å². The van der Waals surface area contributed by atoms with Crippen LogP contribution in [0.2, 0.25) is 0 Å². The van der Waals surface area contributed by atoms with Crippen molar-refractivity contribution in [3.8, 4) is 0 Å². The zero-order valence-electron chi connectivity index (χ0n) is 9.64. The number of rotatable bonds is 3. The van der Waals surface area contributed by atoms with Crippen molar-refractivity contribution in [3.63, 3.8) is 0 Å². The summed E-state index contributed by atoms with van der Waals surface area (Å²) in [6.07, 6.45) is 2.14. The predicted octanol–water partition coefficient (Wildman–Crippen LogP) is 3.19. The predicted molar refractivity (Wildman–Crippen MR) is 69.0 cm³/mol. The summed E-state index contributed by atoms with van der Waals surface area (Å²) in [7, 11) is 0. The van der Waals surface area contributed by atoms with E-state index in [9.17, 15) is 4.79 Å². The van der Waals surface area contributed by atoms with Gasteiger partial charge in [-0.15, -0.1) is 11.8 Å². The van der Waals surface area contributed by atoms with Gasteiger partial charge in [0, 0.05) is 15.8 Å². The first-order valence-corrected chi connectivity index (χ1v) is 6.61. The van der Waals surface area contributed by atoms with Crippen LogP contribution in [0.25, 0.3) is 0 Å². The molecular weight excluding hydrogens is 218 g/mol. The molecule has 86 valence electrons. The number of aldehydes is 1. The molecule has 0 aromatic heterocycles. The number of carbonyl (C=O) groups excluding carboxylic acids is 1. The highest BCUT2D eigenvalue weighted by Gasteiger charge is 2.31. The number of hydrogen-bond acceptors (Lipinski definition) is 3. The summed E-state index contributed by atoms with van der Waals surface area (Å²) in [5.74, 6) is 0.543. The summed E-state index contributed by atoms with van der Waals surface area (Å²) >= 11 is 1.83. The summed E-state index contributed by atoms with van der Waals surface area (Å²) in [5.41, 5.74) is 1.09. The monoisotopic (exact) mass is 235 g/mol. The molecule has 2 nitrogen and oxygen atoms in total. The highest BCUT2D eigenvalue weighted by atomic mass is 32.2. The summed E-state index contributed by atoms with van der Waals surface area (Å²) in [5, 5.41) is 3.67. The number of hydrogen-bond donors (Lipinski definition) is 1. The Morgan fingerprint density at radius 3 is 2.94 bits per heavy atom. The zero-order valence-corrected chi connectivity index (χ0v) is 10.5. The Kier molecular flexibility index (Phi) is 3.54. The minimum absolute atomic E-state index is 0.0603. The number of nitrogens with one attached hydrogen (secondary N) is 1. The molecule has 1 aliphatic heterocycles. The molecule has 3 heteroatoms. The van der Waals surface area contributed by atoms with Gasteiger partial charge in [-0.2, -0.15) is 0 Å². The Morgan fingerprint density at radius 1 is 1.50 bits per heavy atom. The van der Waals surface area contributed by atoms with Gasteiger partial charge in [0.05, 0.1) is 6.04 Å². The SMILES string of the molecule is CCC(C)C1Sc2ccccc2NC1C=O. The lowest BCUT2D eigenvalue weighted by Gasteiger charge is -2.34. The molecule has 1 heterocycles. The Hall–Kier alpha value is -0.960. The molecule has 3 unspecified atom stereocenters. The Bertz CT molecular complexity index is 380. The van der Waals surface area contributed by atoms with Gasteiger partial charge in [0.2, 0.25) is 0 Å². The molecule has 0 bridgehead atoms. The van der Waals surface area contributed by atoms with Gasteiger partial charge >= 0.3 is 0 Å². The molecule has 2 rings (SSSR count). The molecule has 0 saturated carbocycles. The van der Waals surface area contributed by atoms with E-state index in [-0.39, 0.29) is 6.04 Å². The fourth-order valence-electron chi connectivity index (χ4n) is 1.98. The average molecular weight is 235 g/mol. The van der Waals surface area contributed by atoms with Gasteiger partial charge in [0.15, 0.2) is 0 Å². The normalized spacial score (nSPS) is 25.4. The van der Waals surface area contributed by atoms with Crippen molar-refractivity contribution in [2.45, 2.75) is 36.5 Å². The number of para-hydroxylation sites is 1. The zero-order chi connectivity index (χ0) is 11.5. The second-order valence-corrected chi connectivity index (χ2v) is 5.49. The van der Waals surface area contributed by atoms with Crippen LogP contribution in [0.1, 0.15) is 20.3 Å². The summed E-state index contributed by atoms with van der Waals surface area (Å²) < 4.78 is 0. The molecule has 0 amide bonds. The van der Waals surface area contributed by atoms with Crippen LogP contribution in [-0.4, -0.2) is 17.6 Å². The molecule has 3 atom stereocenters. The molecule has 1 aliphatic rings. The molecule has 0 radical (unpaired) electrons. The maximum Gasteiger partial charge on any atom is 0.143 e. The second-order valence-electron chi connectivity index (χ2n) is 4.27. The van der Waals surface area contributed by atoms with Crippen LogP contribution < -0.4 is 5.32 Å². The fraction of sp³-hybridized carbons (Fsp3) is 0.462. The Morgan fingerprint density at radius 2 is 2.25 bits per heavy atom. The average Bonchev–Trinajstić information content (AvgIpc) is 2.36. The lowest BCUT2D eigenvalue weighted by atomic mass is 9.98. The molecule has 1 N–H and O–H groups in total. The van der Waals surface area contributed by atoms with E-state index >= 15 is 0 Å². The molecule has 0 fully saturated rings. The molecule has 1 aromatic carbocycles. The first-order valence-electron chi connectivity index (χ1n) is 5.73. The topological polar surface area (TPSA) is 29.1 Å². The number of thioether (sulfide) groups is 1. The van der Waals surface area contributed by atoms with E-state index in [4.69, 9.17) is 0 Å². The number of carbonyl (C=O) groups is 1. The van der Waals surface area contributed by atoms with Crippen molar-refractivity contribution >= 4 is 23.7 Å². The molecule has 0 aliphatic carbocycles. The van der Waals surface area contributed by atoms with Gasteiger partial charge in [-0.05, 0) is 18.1 Å². The van der Waals surface area contributed by atoms with Crippen LogP contribution >= 0.6 is 11.8 Å². The van der Waals surface area contributed by atoms with E-state index in [1.807, 2.05) is 30.0 Å². The Balaban J connectivity index is 2.27. The molecule has 0 saturated heterocycles. The first kappa shape index (κ1) is 11.5. The van der Waals surface area contributed by atoms with Gasteiger partial charge < -0.3 is 10.1 Å². The first-order chi connectivity index (χ1) is 7.76. The van der Waals surface area contributed by atoms with Crippen LogP contribution in [-0.2, 0) is 4.79 Å². The van der Waals surface area contributed by atoms with Crippen molar-refractivity contribution < 1.29 is 4.79 Å². The summed E-state index contributed by atoms with van der Waals surface area (Å²) in [6, 6.07) is 8.13. The molecular formula is C13H17NOS. The third-order valence-electron chi connectivity index (χ3n) is 3.18. The van der Waals surface area contributed by atoms with Crippen molar-refractivity contribution in [2.75, 3.05) is 5.32 Å². The maximum absolute atomic E-state index is 11.1. The van der Waals surface area contributed by atoms with E-state index in [1.165, 1.54) is 4.90 Å². The van der Waals surface area contributed by atoms with Crippen molar-refractivity contribution in [1.82, 2.24) is 0 Å². The van der Waals surface area contributed by atoms with Gasteiger partial charge in [-0.25, -0.2) is 0 Å². The summed E-state index contributed by atoms with van der Waals surface area (Å²) in [4.78, 5) is 12.4. The number of fused-ring (bicyclic) bond motifs is 1. The number of benzene rings is 1. The van der Waals surface area contributed by atoms with Crippen LogP contribution in [0.3, 0.4) is 0 Å². The van der Waals surface area contributed by atoms with Crippen LogP contribution in [0.15, 0.2) is 29.2 Å². The second kappa shape index (κ2) is 4.91. The maximum atomic E-state index is 11.1. The minimum Gasteiger partial charge on any atom is -0.374 e.